The minimum atomic E-state index is -0.672. The Balaban J connectivity index is 2.30. The maximum Gasteiger partial charge on any atom is 0.309 e. The van der Waals surface area contributed by atoms with Crippen LogP contribution in [0.2, 0.25) is 0 Å². The van der Waals surface area contributed by atoms with Gasteiger partial charge >= 0.3 is 11.8 Å². The van der Waals surface area contributed by atoms with E-state index in [0.717, 1.165) is 5.56 Å². The van der Waals surface area contributed by atoms with E-state index in [1.165, 1.54) is 0 Å². The lowest BCUT2D eigenvalue weighted by Crippen LogP contribution is -2.43. The number of benzene rings is 1. The maximum atomic E-state index is 11.4. The van der Waals surface area contributed by atoms with E-state index in [-0.39, 0.29) is 12.6 Å². The molecule has 1 atom stereocenters. The molecule has 0 radical (unpaired) electrons. The Labute approximate surface area is 113 Å². The summed E-state index contributed by atoms with van der Waals surface area (Å²) in [5.74, 6) is -1.32. The first kappa shape index (κ1) is 15.2. The lowest BCUT2D eigenvalue weighted by atomic mass is 10.1. The van der Waals surface area contributed by atoms with Crippen molar-refractivity contribution in [2.75, 3.05) is 6.54 Å². The summed E-state index contributed by atoms with van der Waals surface area (Å²) >= 11 is 0. The zero-order chi connectivity index (χ0) is 14.3. The van der Waals surface area contributed by atoms with Crippen LogP contribution in [0.5, 0.6) is 0 Å². The molecule has 0 bridgehead atoms. The number of aliphatic hydroxyl groups excluding tert-OH is 1. The van der Waals surface area contributed by atoms with Gasteiger partial charge in [0, 0.05) is 12.6 Å². The Hall–Kier alpha value is -1.88. The van der Waals surface area contributed by atoms with E-state index < -0.39 is 17.9 Å². The van der Waals surface area contributed by atoms with Gasteiger partial charge in [-0.3, -0.25) is 9.59 Å². The van der Waals surface area contributed by atoms with Crippen molar-refractivity contribution < 1.29 is 14.7 Å². The summed E-state index contributed by atoms with van der Waals surface area (Å²) in [6.07, 6.45) is -0.278. The highest BCUT2D eigenvalue weighted by Crippen LogP contribution is 2.14. The second-order valence-corrected chi connectivity index (χ2v) is 4.60. The average Bonchev–Trinajstić information content (AvgIpc) is 2.38. The average molecular weight is 264 g/mol. The molecule has 2 amide bonds. The highest BCUT2D eigenvalue weighted by molar-refractivity contribution is 6.35. The van der Waals surface area contributed by atoms with Gasteiger partial charge in [0.1, 0.15) is 0 Å². The van der Waals surface area contributed by atoms with Crippen LogP contribution >= 0.6 is 0 Å². The fraction of sp³-hybridized carbons (Fsp3) is 0.429. The normalized spacial score (nSPS) is 12.0. The van der Waals surface area contributed by atoms with E-state index >= 15 is 0 Å². The third kappa shape index (κ3) is 5.52. The van der Waals surface area contributed by atoms with Crippen LogP contribution in [0.3, 0.4) is 0 Å². The van der Waals surface area contributed by atoms with Crippen LogP contribution in [0.25, 0.3) is 0 Å². The molecule has 0 aromatic heterocycles. The highest BCUT2D eigenvalue weighted by Gasteiger charge is 2.14. The van der Waals surface area contributed by atoms with Crippen molar-refractivity contribution in [3.8, 4) is 0 Å². The molecule has 0 aliphatic rings. The molecule has 0 fully saturated rings. The van der Waals surface area contributed by atoms with E-state index in [2.05, 4.69) is 10.6 Å². The molecule has 0 aliphatic carbocycles. The molecule has 5 heteroatoms. The van der Waals surface area contributed by atoms with Crippen LogP contribution in [0.4, 0.5) is 0 Å². The second kappa shape index (κ2) is 7.53. The molecule has 5 nitrogen and oxygen atoms in total. The molecule has 1 rings (SSSR count). The van der Waals surface area contributed by atoms with Crippen molar-refractivity contribution in [2.24, 2.45) is 0 Å². The van der Waals surface area contributed by atoms with Gasteiger partial charge in [0.05, 0.1) is 6.10 Å². The summed E-state index contributed by atoms with van der Waals surface area (Å²) in [5, 5.41) is 14.8. The Morgan fingerprint density at radius 3 is 2.37 bits per heavy atom. The third-order valence-corrected chi connectivity index (χ3v) is 2.51. The number of hydrogen-bond donors (Lipinski definition) is 3. The molecule has 0 saturated carbocycles. The van der Waals surface area contributed by atoms with Gasteiger partial charge in [-0.25, -0.2) is 0 Å². The molecular weight excluding hydrogens is 244 g/mol. The molecular formula is C14H20N2O3. The van der Waals surface area contributed by atoms with Gasteiger partial charge < -0.3 is 15.7 Å². The Morgan fingerprint density at radius 1 is 1.16 bits per heavy atom. The van der Waals surface area contributed by atoms with Gasteiger partial charge in [0.25, 0.3) is 0 Å². The summed E-state index contributed by atoms with van der Waals surface area (Å²) in [6, 6.07) is 9.11. The molecule has 0 spiro atoms. The van der Waals surface area contributed by atoms with Crippen molar-refractivity contribution in [1.82, 2.24) is 10.6 Å². The number of carbonyl (C=O) groups excluding carboxylic acids is 2. The van der Waals surface area contributed by atoms with E-state index in [1.807, 2.05) is 30.3 Å². The van der Waals surface area contributed by atoms with E-state index in [1.54, 1.807) is 13.8 Å². The molecule has 0 heterocycles. The minimum Gasteiger partial charge on any atom is -0.388 e. The number of carbonyl (C=O) groups is 2. The quantitative estimate of drug-likeness (QED) is 0.687. The molecule has 1 aromatic rings. The van der Waals surface area contributed by atoms with Gasteiger partial charge in [0.15, 0.2) is 0 Å². The van der Waals surface area contributed by atoms with Gasteiger partial charge in [-0.2, -0.15) is 0 Å². The zero-order valence-corrected chi connectivity index (χ0v) is 11.2. The molecule has 104 valence electrons. The lowest BCUT2D eigenvalue weighted by molar-refractivity contribution is -0.139. The fourth-order valence-corrected chi connectivity index (χ4v) is 1.57. The van der Waals surface area contributed by atoms with E-state index in [0.29, 0.717) is 6.42 Å². The van der Waals surface area contributed by atoms with Gasteiger partial charge in [0.2, 0.25) is 0 Å². The summed E-state index contributed by atoms with van der Waals surface area (Å²) in [6.45, 7) is 3.81. The third-order valence-electron chi connectivity index (χ3n) is 2.51. The SMILES string of the molecule is CC(C)NC(=O)C(=O)NCCC(O)c1ccccc1. The molecule has 0 aliphatic heterocycles. The Kier molecular flexibility index (Phi) is 6.02. The standard InChI is InChI=1S/C14H20N2O3/c1-10(2)16-14(19)13(18)15-9-8-12(17)11-6-4-3-5-7-11/h3-7,10,12,17H,8-9H2,1-2H3,(H,15,18)(H,16,19). The van der Waals surface area contributed by atoms with Crippen LogP contribution in [0.1, 0.15) is 31.9 Å². The largest absolute Gasteiger partial charge is 0.388 e. The maximum absolute atomic E-state index is 11.4. The number of hydrogen-bond acceptors (Lipinski definition) is 3. The lowest BCUT2D eigenvalue weighted by Gasteiger charge is -2.12. The van der Waals surface area contributed by atoms with Crippen LogP contribution < -0.4 is 10.6 Å². The molecule has 3 N–H and O–H groups in total. The highest BCUT2D eigenvalue weighted by atomic mass is 16.3. The summed E-state index contributed by atoms with van der Waals surface area (Å²) in [7, 11) is 0. The smallest absolute Gasteiger partial charge is 0.309 e. The number of nitrogens with one attached hydrogen (secondary N) is 2. The Bertz CT molecular complexity index is 418. The first-order chi connectivity index (χ1) is 9.00. The molecule has 1 unspecified atom stereocenters. The summed E-state index contributed by atoms with van der Waals surface area (Å²) in [4.78, 5) is 22.7. The fourth-order valence-electron chi connectivity index (χ4n) is 1.57. The van der Waals surface area contributed by atoms with Gasteiger partial charge in [-0.15, -0.1) is 0 Å². The molecule has 1 aromatic carbocycles. The second-order valence-electron chi connectivity index (χ2n) is 4.60. The topological polar surface area (TPSA) is 78.4 Å². The number of rotatable bonds is 5. The van der Waals surface area contributed by atoms with Gasteiger partial charge in [-0.05, 0) is 25.8 Å². The van der Waals surface area contributed by atoms with Crippen LogP contribution in [-0.2, 0) is 9.59 Å². The first-order valence-electron chi connectivity index (χ1n) is 6.32. The van der Waals surface area contributed by atoms with Crippen molar-refractivity contribution in [2.45, 2.75) is 32.4 Å². The predicted octanol–water partition coefficient (Wildman–Crippen LogP) is 0.751. The van der Waals surface area contributed by atoms with Crippen LogP contribution in [0.15, 0.2) is 30.3 Å². The van der Waals surface area contributed by atoms with Crippen LogP contribution in [0, 0.1) is 0 Å². The number of amides is 2. The van der Waals surface area contributed by atoms with E-state index in [4.69, 9.17) is 0 Å². The van der Waals surface area contributed by atoms with Crippen molar-refractivity contribution in [1.29, 1.82) is 0 Å². The first-order valence-corrected chi connectivity index (χ1v) is 6.32. The van der Waals surface area contributed by atoms with Gasteiger partial charge in [-0.1, -0.05) is 30.3 Å². The van der Waals surface area contributed by atoms with Crippen molar-refractivity contribution in [3.63, 3.8) is 0 Å². The Morgan fingerprint density at radius 2 is 1.79 bits per heavy atom. The predicted molar refractivity (Wildman–Crippen MR) is 72.3 cm³/mol. The zero-order valence-electron chi connectivity index (χ0n) is 11.2. The number of aliphatic hydroxyl groups is 1. The summed E-state index contributed by atoms with van der Waals surface area (Å²) < 4.78 is 0. The van der Waals surface area contributed by atoms with Crippen LogP contribution in [-0.4, -0.2) is 29.5 Å². The summed E-state index contributed by atoms with van der Waals surface area (Å²) in [5.41, 5.74) is 0.795. The van der Waals surface area contributed by atoms with Crippen molar-refractivity contribution >= 4 is 11.8 Å². The molecule has 0 saturated heterocycles. The van der Waals surface area contributed by atoms with Crippen molar-refractivity contribution in [3.05, 3.63) is 35.9 Å². The minimum absolute atomic E-state index is 0.0758. The van der Waals surface area contributed by atoms with E-state index in [9.17, 15) is 14.7 Å². The molecule has 19 heavy (non-hydrogen) atoms. The monoisotopic (exact) mass is 264 g/mol.